The molecule has 0 radical (unpaired) electrons. The molecule has 5 N–H and O–H groups in total. The van der Waals surface area contributed by atoms with Crippen LogP contribution in [0.3, 0.4) is 0 Å². The van der Waals surface area contributed by atoms with Crippen LogP contribution in [0.4, 0.5) is 19.7 Å². The number of nitrogens with one attached hydrogen (secondary N) is 1. The molecule has 2 fully saturated rings. The minimum Gasteiger partial charge on any atom is -0.505 e. The van der Waals surface area contributed by atoms with Gasteiger partial charge in [-0.15, -0.1) is 11.3 Å². The molecule has 2 aromatic carbocycles. The summed E-state index contributed by atoms with van der Waals surface area (Å²) in [6, 6.07) is 10.1. The van der Waals surface area contributed by atoms with Gasteiger partial charge in [-0.05, 0) is 102 Å². The number of aromatic nitrogens is 7. The second-order valence-electron chi connectivity index (χ2n) is 20.1. The number of nitrogens with two attached hydrogens (primary N) is 1. The number of aromatic hydroxyl groups is 1. The lowest BCUT2D eigenvalue weighted by atomic mass is 9.72. The molecule has 2 aliphatic heterocycles. The number of ether oxygens (including phenoxy) is 1. The van der Waals surface area contributed by atoms with Crippen LogP contribution in [0.1, 0.15) is 113 Å². The summed E-state index contributed by atoms with van der Waals surface area (Å²) in [5.41, 5.74) is 8.60. The summed E-state index contributed by atoms with van der Waals surface area (Å²) in [5.74, 6) is -1.92. The van der Waals surface area contributed by atoms with Gasteiger partial charge in [-0.25, -0.2) is 23.4 Å². The van der Waals surface area contributed by atoms with Crippen LogP contribution in [0.15, 0.2) is 59.4 Å². The topological polar surface area (TPSA) is 251 Å². The molecule has 0 spiro atoms. The number of thiophene rings is 1. The Balaban J connectivity index is 0.750. The standard InChI is InChI=1S/C52H61F2N13O6S/c1-29(2)45(49(71)66-27-34(68)22-40(66)48(70)58-31(4)32-11-13-33(14-12-32)35-23-38(54)41(69)24-37(35)53)67-28-43(61-63-67)72-21-7-6-18-64-19-9-20-65(30(3)26-64)51-57-17-15-39(59-51)47-60-50(73-62-47)52(5)16-8-10-42-44(52)36(25-55)46(56)74-42/h11-15,17,23-24,28-31,34,40,45,68-69H,6-10,16,18-22,26-27,56H2,1-5H3,(H,58,70)/t30-,31-,34+,40-,45-,52-/m0/s1. The molecule has 0 unspecified atom stereocenters. The number of nitriles is 1. The number of halogens is 2. The summed E-state index contributed by atoms with van der Waals surface area (Å²) in [5, 5.41) is 46.4. The molecule has 19 nitrogen and oxygen atoms in total. The lowest BCUT2D eigenvalue weighted by molar-refractivity contribution is -0.142. The summed E-state index contributed by atoms with van der Waals surface area (Å²) >= 11 is 1.46. The minimum atomic E-state index is -0.950. The van der Waals surface area contributed by atoms with Gasteiger partial charge in [0.1, 0.15) is 34.7 Å². The zero-order valence-corrected chi connectivity index (χ0v) is 42.9. The second-order valence-corrected chi connectivity index (χ2v) is 21.2. The van der Waals surface area contributed by atoms with E-state index in [1.807, 2.05) is 20.8 Å². The Hall–Kier alpha value is -7.09. The maximum Gasteiger partial charge on any atom is 0.253 e. The zero-order valence-electron chi connectivity index (χ0n) is 42.0. The Morgan fingerprint density at radius 3 is 2.65 bits per heavy atom. The zero-order chi connectivity index (χ0) is 52.4. The number of amides is 2. The number of likely N-dealkylation sites (tertiary alicyclic amines) is 1. The van der Waals surface area contributed by atoms with Crippen molar-refractivity contribution in [2.75, 3.05) is 50.0 Å². The third kappa shape index (κ3) is 10.6. The molecule has 6 heterocycles. The number of aryl methyl sites for hydroxylation is 1. The SMILES string of the molecule is CC(C)[C@@H](C(=O)N1C[C@H](O)C[C@H]1C(=O)N[C@@H](C)c1ccc(-c2cc(F)c(O)cc2F)cc1)n1cc(OCCCCN2CCCN(c3nccc(-c4noc([C@@]5(C)CCCc6sc(N)c(C#N)c65)n4)n3)[C@@H](C)C2)nn1. The molecule has 1 aliphatic carbocycles. The van der Waals surface area contributed by atoms with Crippen LogP contribution in [-0.4, -0.2) is 124 Å². The van der Waals surface area contributed by atoms with Crippen LogP contribution in [0.2, 0.25) is 0 Å². The molecule has 9 rings (SSSR count). The van der Waals surface area contributed by atoms with Crippen LogP contribution in [0.5, 0.6) is 11.6 Å². The fourth-order valence-corrected chi connectivity index (χ4v) is 11.8. The smallest absolute Gasteiger partial charge is 0.253 e. The summed E-state index contributed by atoms with van der Waals surface area (Å²) < 4.78 is 41.8. The van der Waals surface area contributed by atoms with E-state index >= 15 is 0 Å². The van der Waals surface area contributed by atoms with E-state index in [2.05, 4.69) is 48.6 Å². The van der Waals surface area contributed by atoms with Crippen molar-refractivity contribution in [3.63, 3.8) is 0 Å². The van der Waals surface area contributed by atoms with E-state index in [1.54, 1.807) is 49.6 Å². The number of aliphatic hydroxyl groups is 1. The maximum atomic E-state index is 14.5. The largest absolute Gasteiger partial charge is 0.505 e. The van der Waals surface area contributed by atoms with Gasteiger partial charge in [-0.2, -0.15) is 10.2 Å². The molecule has 3 aliphatic rings. The lowest BCUT2D eigenvalue weighted by Crippen LogP contribution is -2.49. The Kier molecular flexibility index (Phi) is 15.2. The van der Waals surface area contributed by atoms with Gasteiger partial charge < -0.3 is 45.2 Å². The number of carbonyl (C=O) groups excluding carboxylic acids is 2. The van der Waals surface area contributed by atoms with Gasteiger partial charge in [0, 0.05) is 60.4 Å². The molecule has 2 saturated heterocycles. The van der Waals surface area contributed by atoms with Gasteiger partial charge in [0.15, 0.2) is 11.6 Å². The molecule has 4 aromatic heterocycles. The number of hydrogen-bond acceptors (Lipinski definition) is 17. The van der Waals surface area contributed by atoms with Gasteiger partial charge >= 0.3 is 0 Å². The number of benzene rings is 2. The number of nitrogens with zero attached hydrogens (tertiary/aromatic N) is 11. The fourth-order valence-electron chi connectivity index (χ4n) is 10.6. The number of phenolic OH excluding ortho intramolecular Hbond substituents is 1. The molecule has 6 atom stereocenters. The number of phenols is 1. The Labute approximate surface area is 431 Å². The van der Waals surface area contributed by atoms with Crippen molar-refractivity contribution < 1.29 is 37.8 Å². The number of unbranched alkanes of at least 4 members (excludes halogenated alkanes) is 1. The van der Waals surface area contributed by atoms with Crippen molar-refractivity contribution in [2.45, 2.75) is 115 Å². The van der Waals surface area contributed by atoms with Crippen LogP contribution in [-0.2, 0) is 21.4 Å². The average Bonchev–Trinajstić information content (AvgIpc) is 4.19. The number of anilines is 2. The molecule has 390 valence electrons. The number of aliphatic hydroxyl groups excluding tert-OH is 1. The van der Waals surface area contributed by atoms with Crippen molar-refractivity contribution in [3.8, 4) is 40.3 Å². The highest BCUT2D eigenvalue weighted by molar-refractivity contribution is 7.16. The van der Waals surface area contributed by atoms with E-state index in [-0.39, 0.29) is 42.3 Å². The van der Waals surface area contributed by atoms with Crippen LogP contribution in [0.25, 0.3) is 22.6 Å². The number of nitrogen functional groups attached to an aromatic ring is 1. The minimum absolute atomic E-state index is 0.0197. The first-order valence-electron chi connectivity index (χ1n) is 25.1. The first kappa shape index (κ1) is 51.8. The van der Waals surface area contributed by atoms with E-state index in [1.165, 1.54) is 20.9 Å². The van der Waals surface area contributed by atoms with E-state index in [9.17, 15) is 33.8 Å². The third-order valence-corrected chi connectivity index (χ3v) is 15.5. The van der Waals surface area contributed by atoms with Crippen LogP contribution in [0, 0.1) is 28.9 Å². The average molecular weight is 1030 g/mol. The highest BCUT2D eigenvalue weighted by atomic mass is 32.1. The summed E-state index contributed by atoms with van der Waals surface area (Å²) in [6.45, 7) is 13.4. The summed E-state index contributed by atoms with van der Waals surface area (Å²) in [4.78, 5) is 49.5. The highest BCUT2D eigenvalue weighted by Crippen LogP contribution is 2.48. The van der Waals surface area contributed by atoms with E-state index in [0.29, 0.717) is 51.7 Å². The van der Waals surface area contributed by atoms with E-state index < -0.39 is 52.9 Å². The van der Waals surface area contributed by atoms with Gasteiger partial charge in [0.05, 0.1) is 35.9 Å². The number of fused-ring (bicyclic) bond motifs is 1. The van der Waals surface area contributed by atoms with Gasteiger partial charge in [0.2, 0.25) is 29.5 Å². The molecule has 2 amide bonds. The van der Waals surface area contributed by atoms with Crippen molar-refractivity contribution in [2.24, 2.45) is 5.92 Å². The molecule has 74 heavy (non-hydrogen) atoms. The normalized spacial score (nSPS) is 21.0. The number of β-amino-alcohol motifs (C(OH)–C–C–N with tert-alkyl or cyclic N) is 1. The lowest BCUT2D eigenvalue weighted by Gasteiger charge is -2.30. The van der Waals surface area contributed by atoms with Crippen molar-refractivity contribution in [1.82, 2.24) is 50.2 Å². The molecule has 6 aromatic rings. The van der Waals surface area contributed by atoms with Crippen molar-refractivity contribution in [1.29, 1.82) is 5.26 Å². The fraction of sp³-hybridized carbons (Fsp3) is 0.481. The van der Waals surface area contributed by atoms with Crippen molar-refractivity contribution in [3.05, 3.63) is 94.0 Å². The first-order valence-corrected chi connectivity index (χ1v) is 25.9. The molecular formula is C52H61F2N13O6S. The molecular weight excluding hydrogens is 973 g/mol. The van der Waals surface area contributed by atoms with Crippen LogP contribution < -0.4 is 20.7 Å². The van der Waals surface area contributed by atoms with Gasteiger partial charge in [-0.1, -0.05) is 53.6 Å². The Morgan fingerprint density at radius 2 is 1.88 bits per heavy atom. The Bertz CT molecular complexity index is 3030. The summed E-state index contributed by atoms with van der Waals surface area (Å²) in [7, 11) is 0. The third-order valence-electron chi connectivity index (χ3n) is 14.5. The monoisotopic (exact) mass is 1030 g/mol. The van der Waals surface area contributed by atoms with Crippen molar-refractivity contribution >= 4 is 34.1 Å². The second kappa shape index (κ2) is 21.8. The predicted molar refractivity (Wildman–Crippen MR) is 271 cm³/mol. The van der Waals surface area contributed by atoms with Gasteiger partial charge in [0.25, 0.3) is 5.88 Å². The maximum absolute atomic E-state index is 14.5. The van der Waals surface area contributed by atoms with Gasteiger partial charge in [-0.3, -0.25) is 9.59 Å². The van der Waals surface area contributed by atoms with E-state index in [0.717, 1.165) is 87.3 Å². The molecule has 22 heteroatoms. The quantitative estimate of drug-likeness (QED) is 0.0734. The van der Waals surface area contributed by atoms with Crippen LogP contribution >= 0.6 is 11.3 Å². The molecule has 0 saturated carbocycles. The van der Waals surface area contributed by atoms with E-state index in [4.69, 9.17) is 25.0 Å². The molecule has 0 bridgehead atoms. The predicted octanol–water partition coefficient (Wildman–Crippen LogP) is 6.72. The Morgan fingerprint density at radius 1 is 1.08 bits per heavy atom. The first-order chi connectivity index (χ1) is 35.5. The number of carbonyl (C=O) groups is 2. The number of hydrogen-bond donors (Lipinski definition) is 4. The number of rotatable bonds is 16. The highest BCUT2D eigenvalue weighted by Gasteiger charge is 2.44. The summed E-state index contributed by atoms with van der Waals surface area (Å²) in [6.07, 6.45) is 7.53.